The highest BCUT2D eigenvalue weighted by Crippen LogP contribution is 2.23. The van der Waals surface area contributed by atoms with Crippen LogP contribution in [0.4, 0.5) is 8.78 Å². The second-order valence-corrected chi connectivity index (χ2v) is 5.28. The molecule has 0 aliphatic carbocycles. The average Bonchev–Trinajstić information content (AvgIpc) is 2.43. The first kappa shape index (κ1) is 14.9. The van der Waals surface area contributed by atoms with Gasteiger partial charge in [0, 0.05) is 19.2 Å². The van der Waals surface area contributed by atoms with Crippen molar-refractivity contribution in [1.29, 1.82) is 0 Å². The molecule has 5 heteroatoms. The van der Waals surface area contributed by atoms with Crippen molar-refractivity contribution in [3.05, 3.63) is 34.9 Å². The minimum absolute atomic E-state index is 0.131. The number of halogens is 2. The third-order valence-corrected chi connectivity index (χ3v) is 3.74. The van der Waals surface area contributed by atoms with Crippen LogP contribution >= 0.6 is 0 Å². The number of benzene rings is 1. The van der Waals surface area contributed by atoms with E-state index in [0.29, 0.717) is 30.5 Å². The number of unbranched alkanes of at least 4 members (excludes halogenated alkanes) is 1. The largest absolute Gasteiger partial charge is 0.337 e. The molecule has 0 bridgehead atoms. The zero-order valence-corrected chi connectivity index (χ0v) is 11.7. The molecule has 2 rings (SSSR count). The number of nitrogens with two attached hydrogens (primary N) is 1. The van der Waals surface area contributed by atoms with Crippen molar-refractivity contribution in [1.82, 2.24) is 4.90 Å². The summed E-state index contributed by atoms with van der Waals surface area (Å²) in [7, 11) is 0. The number of rotatable bonds is 4. The lowest BCUT2D eigenvalue weighted by Gasteiger charge is -2.31. The van der Waals surface area contributed by atoms with Gasteiger partial charge in [0.2, 0.25) is 5.91 Å². The van der Waals surface area contributed by atoms with E-state index < -0.39 is 17.7 Å². The van der Waals surface area contributed by atoms with Crippen molar-refractivity contribution in [2.75, 3.05) is 6.54 Å². The van der Waals surface area contributed by atoms with Crippen molar-refractivity contribution >= 4 is 5.91 Å². The first-order valence-electron chi connectivity index (χ1n) is 7.04. The fourth-order valence-corrected chi connectivity index (χ4v) is 2.58. The predicted molar refractivity (Wildman–Crippen MR) is 73.0 cm³/mol. The van der Waals surface area contributed by atoms with Gasteiger partial charge < -0.3 is 10.6 Å². The maximum Gasteiger partial charge on any atom is 0.239 e. The molecule has 1 heterocycles. The number of hydrogen-bond acceptors (Lipinski definition) is 2. The summed E-state index contributed by atoms with van der Waals surface area (Å²) in [6.45, 7) is 2.72. The molecule has 0 radical (unpaired) electrons. The third-order valence-electron chi connectivity index (χ3n) is 3.74. The van der Waals surface area contributed by atoms with Gasteiger partial charge in [0.15, 0.2) is 0 Å². The minimum atomic E-state index is -0.606. The number of carbonyl (C=O) groups excluding carboxylic acids is 1. The molecule has 1 amide bonds. The van der Waals surface area contributed by atoms with Crippen LogP contribution < -0.4 is 5.73 Å². The molecule has 1 atom stereocenters. The summed E-state index contributed by atoms with van der Waals surface area (Å²) < 4.78 is 26.9. The van der Waals surface area contributed by atoms with Gasteiger partial charge in [-0.3, -0.25) is 4.79 Å². The maximum atomic E-state index is 13.6. The summed E-state index contributed by atoms with van der Waals surface area (Å²) in [6, 6.07) is 1.67. The van der Waals surface area contributed by atoms with Gasteiger partial charge in [0.25, 0.3) is 0 Å². The molecule has 0 aromatic heterocycles. The minimum Gasteiger partial charge on any atom is -0.337 e. The van der Waals surface area contributed by atoms with Crippen molar-refractivity contribution < 1.29 is 13.6 Å². The fraction of sp³-hybridized carbons (Fsp3) is 0.533. The molecule has 0 spiro atoms. The van der Waals surface area contributed by atoms with Gasteiger partial charge in [-0.2, -0.15) is 0 Å². The summed E-state index contributed by atoms with van der Waals surface area (Å²) in [6.07, 6.45) is 2.95. The van der Waals surface area contributed by atoms with Crippen molar-refractivity contribution in [3.63, 3.8) is 0 Å². The topological polar surface area (TPSA) is 46.3 Å². The SMILES string of the molecule is CCCC[C@@H](N)C(=O)N1CCc2c(F)cc(F)cc2C1. The van der Waals surface area contributed by atoms with Crippen LogP contribution in [-0.2, 0) is 17.8 Å². The van der Waals surface area contributed by atoms with E-state index in [1.54, 1.807) is 4.90 Å². The second-order valence-electron chi connectivity index (χ2n) is 5.28. The first-order chi connectivity index (χ1) is 9.52. The highest BCUT2D eigenvalue weighted by molar-refractivity contribution is 5.81. The highest BCUT2D eigenvalue weighted by atomic mass is 19.1. The Morgan fingerprint density at radius 3 is 2.90 bits per heavy atom. The van der Waals surface area contributed by atoms with E-state index in [1.807, 2.05) is 6.92 Å². The van der Waals surface area contributed by atoms with Crippen molar-refractivity contribution in [3.8, 4) is 0 Å². The molecule has 20 heavy (non-hydrogen) atoms. The van der Waals surface area contributed by atoms with Gasteiger partial charge in [0.05, 0.1) is 6.04 Å². The summed E-state index contributed by atoms with van der Waals surface area (Å²) >= 11 is 0. The van der Waals surface area contributed by atoms with Crippen LogP contribution in [0.3, 0.4) is 0 Å². The average molecular weight is 282 g/mol. The van der Waals surface area contributed by atoms with Gasteiger partial charge in [-0.1, -0.05) is 19.8 Å². The zero-order valence-electron chi connectivity index (χ0n) is 11.7. The van der Waals surface area contributed by atoms with Crippen molar-refractivity contribution in [2.45, 2.75) is 45.2 Å². The van der Waals surface area contributed by atoms with Gasteiger partial charge in [-0.25, -0.2) is 8.78 Å². The Morgan fingerprint density at radius 1 is 1.45 bits per heavy atom. The Labute approximate surface area is 117 Å². The molecule has 110 valence electrons. The molecule has 1 aromatic rings. The third kappa shape index (κ3) is 3.15. The Balaban J connectivity index is 2.09. The lowest BCUT2D eigenvalue weighted by molar-refractivity contribution is -0.133. The second kappa shape index (κ2) is 6.31. The zero-order chi connectivity index (χ0) is 14.7. The number of nitrogens with zero attached hydrogens (tertiary/aromatic N) is 1. The molecular formula is C15H20F2N2O. The van der Waals surface area contributed by atoms with Crippen LogP contribution in [0.25, 0.3) is 0 Å². The van der Waals surface area contributed by atoms with Gasteiger partial charge in [-0.15, -0.1) is 0 Å². The van der Waals surface area contributed by atoms with E-state index in [1.165, 1.54) is 6.07 Å². The molecular weight excluding hydrogens is 262 g/mol. The standard InChI is InChI=1S/C15H20F2N2O/c1-2-3-4-14(18)15(20)19-6-5-12-10(9-19)7-11(16)8-13(12)17/h7-8,14H,2-6,9,18H2,1H3/t14-/m1/s1. The summed E-state index contributed by atoms with van der Waals surface area (Å²) in [5.74, 6) is -1.26. The molecule has 2 N–H and O–H groups in total. The van der Waals surface area contributed by atoms with Crippen LogP contribution in [0.15, 0.2) is 12.1 Å². The van der Waals surface area contributed by atoms with Crippen LogP contribution in [-0.4, -0.2) is 23.4 Å². The summed E-state index contributed by atoms with van der Waals surface area (Å²) in [4.78, 5) is 13.8. The molecule has 0 saturated carbocycles. The normalized spacial score (nSPS) is 15.9. The van der Waals surface area contributed by atoms with Crippen LogP contribution in [0.1, 0.15) is 37.3 Å². The number of fused-ring (bicyclic) bond motifs is 1. The Bertz CT molecular complexity index is 505. The number of amides is 1. The molecule has 1 aliphatic rings. The van der Waals surface area contributed by atoms with Crippen LogP contribution in [0, 0.1) is 11.6 Å². The van der Waals surface area contributed by atoms with E-state index in [9.17, 15) is 13.6 Å². The fourth-order valence-electron chi connectivity index (χ4n) is 2.58. The molecule has 0 fully saturated rings. The van der Waals surface area contributed by atoms with Gasteiger partial charge >= 0.3 is 0 Å². The molecule has 0 unspecified atom stereocenters. The van der Waals surface area contributed by atoms with Crippen molar-refractivity contribution in [2.24, 2.45) is 5.73 Å². The molecule has 0 saturated heterocycles. The van der Waals surface area contributed by atoms with E-state index in [2.05, 4.69) is 0 Å². The van der Waals surface area contributed by atoms with Gasteiger partial charge in [-0.05, 0) is 30.0 Å². The number of hydrogen-bond donors (Lipinski definition) is 1. The highest BCUT2D eigenvalue weighted by Gasteiger charge is 2.26. The first-order valence-corrected chi connectivity index (χ1v) is 7.04. The Kier molecular flexibility index (Phi) is 4.70. The lowest BCUT2D eigenvalue weighted by Crippen LogP contribution is -2.46. The van der Waals surface area contributed by atoms with E-state index in [4.69, 9.17) is 5.73 Å². The smallest absolute Gasteiger partial charge is 0.239 e. The van der Waals surface area contributed by atoms with E-state index in [0.717, 1.165) is 18.9 Å². The number of carbonyl (C=O) groups is 1. The molecule has 1 aliphatic heterocycles. The molecule has 1 aromatic carbocycles. The Hall–Kier alpha value is -1.49. The van der Waals surface area contributed by atoms with E-state index >= 15 is 0 Å². The quantitative estimate of drug-likeness (QED) is 0.921. The van der Waals surface area contributed by atoms with E-state index in [-0.39, 0.29) is 12.5 Å². The maximum absolute atomic E-state index is 13.6. The summed E-state index contributed by atoms with van der Waals surface area (Å²) in [5, 5.41) is 0. The molecule has 3 nitrogen and oxygen atoms in total. The predicted octanol–water partition coefficient (Wildman–Crippen LogP) is 2.37. The Morgan fingerprint density at radius 2 is 2.20 bits per heavy atom. The monoisotopic (exact) mass is 282 g/mol. The lowest BCUT2D eigenvalue weighted by atomic mass is 9.98. The van der Waals surface area contributed by atoms with Crippen LogP contribution in [0.5, 0.6) is 0 Å². The van der Waals surface area contributed by atoms with Gasteiger partial charge in [0.1, 0.15) is 11.6 Å². The van der Waals surface area contributed by atoms with Crippen LogP contribution in [0.2, 0.25) is 0 Å². The summed E-state index contributed by atoms with van der Waals surface area (Å²) in [5.41, 5.74) is 6.93.